The zero-order chi connectivity index (χ0) is 19.0. The molecule has 1 aliphatic carbocycles. The fraction of sp³-hybridized carbons (Fsp3) is 0.850. The van der Waals surface area contributed by atoms with E-state index < -0.39 is 6.04 Å². The van der Waals surface area contributed by atoms with Gasteiger partial charge in [-0.25, -0.2) is 0 Å². The van der Waals surface area contributed by atoms with E-state index >= 15 is 0 Å². The minimum absolute atomic E-state index is 0.0408. The van der Waals surface area contributed by atoms with Crippen molar-refractivity contribution in [2.45, 2.75) is 69.6 Å². The van der Waals surface area contributed by atoms with Crippen LogP contribution in [0.4, 0.5) is 0 Å². The summed E-state index contributed by atoms with van der Waals surface area (Å²) in [6.45, 7) is 2.54. The number of hydrogen-bond donors (Lipinski definition) is 0. The predicted molar refractivity (Wildman–Crippen MR) is 98.8 cm³/mol. The summed E-state index contributed by atoms with van der Waals surface area (Å²) in [7, 11) is 1.64. The summed E-state index contributed by atoms with van der Waals surface area (Å²) in [5.74, 6) is -0.203. The number of carbonyl (C=O) groups is 3. The largest absolute Gasteiger partial charge is 0.380 e. The molecule has 4 aliphatic rings. The lowest BCUT2D eigenvalue weighted by atomic mass is 10.1. The summed E-state index contributed by atoms with van der Waals surface area (Å²) in [4.78, 5) is 44.3. The van der Waals surface area contributed by atoms with Gasteiger partial charge in [-0.2, -0.15) is 0 Å². The predicted octanol–water partition coefficient (Wildman–Crippen LogP) is 1.02. The van der Waals surface area contributed by atoms with Crippen LogP contribution in [0.15, 0.2) is 0 Å². The highest BCUT2D eigenvalue weighted by Crippen LogP contribution is 2.32. The summed E-state index contributed by atoms with van der Waals surface area (Å²) in [6, 6.07) is -0.126. The normalized spacial score (nSPS) is 32.1. The van der Waals surface area contributed by atoms with Crippen LogP contribution in [0.3, 0.4) is 0 Å². The lowest BCUT2D eigenvalue weighted by Gasteiger charge is -2.29. The number of amides is 3. The highest BCUT2D eigenvalue weighted by atomic mass is 16.5. The lowest BCUT2D eigenvalue weighted by Crippen LogP contribution is -2.49. The lowest BCUT2D eigenvalue weighted by molar-refractivity contribution is -0.145. The maximum absolute atomic E-state index is 13.3. The van der Waals surface area contributed by atoms with Gasteiger partial charge in [-0.05, 0) is 25.7 Å². The minimum Gasteiger partial charge on any atom is -0.380 e. The topological polar surface area (TPSA) is 70.2 Å². The molecule has 3 atom stereocenters. The second kappa shape index (κ2) is 7.78. The highest BCUT2D eigenvalue weighted by molar-refractivity contribution is 5.93. The van der Waals surface area contributed by atoms with E-state index in [-0.39, 0.29) is 36.2 Å². The van der Waals surface area contributed by atoms with E-state index in [0.29, 0.717) is 25.6 Å². The Hall–Kier alpha value is -1.63. The van der Waals surface area contributed by atoms with Crippen molar-refractivity contribution < 1.29 is 19.1 Å². The van der Waals surface area contributed by atoms with Gasteiger partial charge in [0.15, 0.2) is 0 Å². The molecule has 0 radical (unpaired) electrons. The molecule has 3 heterocycles. The van der Waals surface area contributed by atoms with Gasteiger partial charge in [0.1, 0.15) is 6.04 Å². The van der Waals surface area contributed by atoms with Crippen molar-refractivity contribution in [2.24, 2.45) is 5.92 Å². The van der Waals surface area contributed by atoms with Gasteiger partial charge in [0.2, 0.25) is 17.7 Å². The maximum Gasteiger partial charge on any atom is 0.245 e. The van der Waals surface area contributed by atoms with Gasteiger partial charge in [0.05, 0.1) is 12.0 Å². The molecule has 4 rings (SSSR count). The van der Waals surface area contributed by atoms with Gasteiger partial charge in [-0.3, -0.25) is 14.4 Å². The summed E-state index contributed by atoms with van der Waals surface area (Å²) in [5, 5.41) is 0. The molecule has 0 bridgehead atoms. The Kier molecular flexibility index (Phi) is 5.39. The van der Waals surface area contributed by atoms with Crippen molar-refractivity contribution in [3.05, 3.63) is 0 Å². The molecule has 0 aromatic heterocycles. The Balaban J connectivity index is 1.45. The Bertz CT molecular complexity index is 598. The second-order valence-corrected chi connectivity index (χ2v) is 8.52. The molecule has 1 saturated carbocycles. The van der Waals surface area contributed by atoms with Crippen LogP contribution in [0.25, 0.3) is 0 Å². The standard InChI is InChI=1S/C20H31N3O4/c1-27-16-11-17(20(26)21-8-4-5-9-21)23(13-16)19(25)14-10-18(24)22(12-14)15-6-2-3-7-15/h14-17H,2-13H2,1H3/t14?,16-,17-/m0/s1. The van der Waals surface area contributed by atoms with Gasteiger partial charge in [0.25, 0.3) is 0 Å². The van der Waals surface area contributed by atoms with Crippen LogP contribution in [-0.2, 0) is 19.1 Å². The molecule has 0 spiro atoms. The van der Waals surface area contributed by atoms with Crippen molar-refractivity contribution in [3.63, 3.8) is 0 Å². The van der Waals surface area contributed by atoms with E-state index in [1.807, 2.05) is 9.80 Å². The molecule has 150 valence electrons. The Morgan fingerprint density at radius 3 is 2.37 bits per heavy atom. The summed E-state index contributed by atoms with van der Waals surface area (Å²) in [6.07, 6.45) is 7.26. The van der Waals surface area contributed by atoms with Crippen molar-refractivity contribution in [2.75, 3.05) is 33.3 Å². The fourth-order valence-corrected chi connectivity index (χ4v) is 5.29. The van der Waals surface area contributed by atoms with E-state index in [1.165, 1.54) is 12.8 Å². The first-order chi connectivity index (χ1) is 13.1. The molecule has 7 nitrogen and oxygen atoms in total. The monoisotopic (exact) mass is 377 g/mol. The highest BCUT2D eigenvalue weighted by Gasteiger charge is 2.46. The third-order valence-corrected chi connectivity index (χ3v) is 6.86. The molecule has 3 amide bonds. The van der Waals surface area contributed by atoms with Crippen LogP contribution in [0, 0.1) is 5.92 Å². The van der Waals surface area contributed by atoms with Crippen LogP contribution in [0.2, 0.25) is 0 Å². The number of nitrogens with zero attached hydrogens (tertiary/aromatic N) is 3. The molecule has 0 N–H and O–H groups in total. The molecular weight excluding hydrogens is 346 g/mol. The molecule has 4 fully saturated rings. The maximum atomic E-state index is 13.3. The van der Waals surface area contributed by atoms with Gasteiger partial charge in [-0.15, -0.1) is 0 Å². The number of ether oxygens (including phenoxy) is 1. The van der Waals surface area contributed by atoms with E-state index in [9.17, 15) is 14.4 Å². The summed E-state index contributed by atoms with van der Waals surface area (Å²) < 4.78 is 5.48. The minimum atomic E-state index is -0.434. The van der Waals surface area contributed by atoms with Gasteiger partial charge in [-0.1, -0.05) is 12.8 Å². The molecule has 0 aromatic carbocycles. The Labute approximate surface area is 161 Å². The SMILES string of the molecule is CO[C@H]1C[C@@H](C(=O)N2CCCC2)N(C(=O)C2CC(=O)N(C3CCCC3)C2)C1. The average Bonchev–Trinajstić information content (AvgIpc) is 3.46. The van der Waals surface area contributed by atoms with Crippen molar-refractivity contribution in [3.8, 4) is 0 Å². The van der Waals surface area contributed by atoms with Gasteiger partial charge >= 0.3 is 0 Å². The Morgan fingerprint density at radius 1 is 1.00 bits per heavy atom. The molecule has 7 heteroatoms. The number of carbonyl (C=O) groups excluding carboxylic acids is 3. The fourth-order valence-electron chi connectivity index (χ4n) is 5.29. The van der Waals surface area contributed by atoms with Crippen LogP contribution in [-0.4, -0.2) is 83.9 Å². The second-order valence-electron chi connectivity index (χ2n) is 8.52. The molecule has 3 saturated heterocycles. The van der Waals surface area contributed by atoms with Crippen LogP contribution >= 0.6 is 0 Å². The molecule has 0 aromatic rings. The molecule has 27 heavy (non-hydrogen) atoms. The number of rotatable bonds is 4. The van der Waals surface area contributed by atoms with Gasteiger partial charge in [0, 0.05) is 52.2 Å². The zero-order valence-corrected chi connectivity index (χ0v) is 16.3. The van der Waals surface area contributed by atoms with Crippen molar-refractivity contribution in [1.29, 1.82) is 0 Å². The van der Waals surface area contributed by atoms with Crippen LogP contribution in [0.5, 0.6) is 0 Å². The zero-order valence-electron chi connectivity index (χ0n) is 16.3. The van der Waals surface area contributed by atoms with Crippen molar-refractivity contribution in [1.82, 2.24) is 14.7 Å². The van der Waals surface area contributed by atoms with E-state index in [2.05, 4.69) is 0 Å². The van der Waals surface area contributed by atoms with Crippen LogP contribution in [0.1, 0.15) is 51.4 Å². The summed E-state index contributed by atoms with van der Waals surface area (Å²) >= 11 is 0. The number of hydrogen-bond acceptors (Lipinski definition) is 4. The van der Waals surface area contributed by atoms with E-state index in [4.69, 9.17) is 4.74 Å². The molecule has 1 unspecified atom stereocenters. The smallest absolute Gasteiger partial charge is 0.245 e. The van der Waals surface area contributed by atoms with Crippen molar-refractivity contribution >= 4 is 17.7 Å². The van der Waals surface area contributed by atoms with E-state index in [0.717, 1.165) is 38.8 Å². The van der Waals surface area contributed by atoms with Crippen LogP contribution < -0.4 is 0 Å². The molecule has 3 aliphatic heterocycles. The Morgan fingerprint density at radius 2 is 1.70 bits per heavy atom. The number of likely N-dealkylation sites (tertiary alicyclic amines) is 3. The van der Waals surface area contributed by atoms with Gasteiger partial charge < -0.3 is 19.4 Å². The molecular formula is C20H31N3O4. The third kappa shape index (κ3) is 3.58. The first-order valence-corrected chi connectivity index (χ1v) is 10.5. The average molecular weight is 377 g/mol. The first-order valence-electron chi connectivity index (χ1n) is 10.5. The quantitative estimate of drug-likeness (QED) is 0.733. The number of methoxy groups -OCH3 is 1. The first kappa shape index (κ1) is 18.7. The third-order valence-electron chi connectivity index (χ3n) is 6.86. The van der Waals surface area contributed by atoms with E-state index in [1.54, 1.807) is 12.0 Å². The summed E-state index contributed by atoms with van der Waals surface area (Å²) in [5.41, 5.74) is 0.